The molecular weight excluding hydrogens is 328 g/mol. The Morgan fingerprint density at radius 3 is 2.28 bits per heavy atom. The molecule has 3 aromatic rings. The van der Waals surface area contributed by atoms with Gasteiger partial charge in [-0.05, 0) is 56.6 Å². The van der Waals surface area contributed by atoms with Gasteiger partial charge < -0.3 is 9.47 Å². The lowest BCUT2D eigenvalue weighted by Gasteiger charge is -2.26. The molecule has 0 N–H and O–H groups in total. The van der Waals surface area contributed by atoms with E-state index in [1.807, 2.05) is 0 Å². The topological polar surface area (TPSA) is 8.17 Å². The van der Waals surface area contributed by atoms with Crippen molar-refractivity contribution in [2.24, 2.45) is 0 Å². The van der Waals surface area contributed by atoms with Gasteiger partial charge >= 0.3 is 0 Å². The Hall–Kier alpha value is -1.77. The molecule has 0 atom stereocenters. The molecule has 4 rings (SSSR count). The zero-order chi connectivity index (χ0) is 16.2. The third-order valence-corrected chi connectivity index (χ3v) is 5.18. The first-order valence-corrected chi connectivity index (χ1v) is 9.28. The molecule has 2 aromatic carbocycles. The van der Waals surface area contributed by atoms with Gasteiger partial charge in [-0.15, -0.1) is 12.4 Å². The zero-order valence-electron chi connectivity index (χ0n) is 14.7. The van der Waals surface area contributed by atoms with Crippen molar-refractivity contribution in [2.45, 2.75) is 32.2 Å². The third kappa shape index (κ3) is 4.08. The Kier molecular flexibility index (Phi) is 6.17. The highest BCUT2D eigenvalue weighted by Crippen LogP contribution is 2.28. The smallest absolute Gasteiger partial charge is 0.0491 e. The molecule has 3 heteroatoms. The molecule has 0 aliphatic carbocycles. The summed E-state index contributed by atoms with van der Waals surface area (Å²) in [6, 6.07) is 21.9. The van der Waals surface area contributed by atoms with Gasteiger partial charge in [0, 0.05) is 23.1 Å². The number of para-hydroxylation sites is 1. The number of benzene rings is 2. The number of aryl methyl sites for hydroxylation is 1. The maximum absolute atomic E-state index is 2.64. The van der Waals surface area contributed by atoms with E-state index in [2.05, 4.69) is 70.1 Å². The van der Waals surface area contributed by atoms with Crippen LogP contribution in [0.1, 0.15) is 25.7 Å². The lowest BCUT2D eigenvalue weighted by atomic mass is 10.1. The van der Waals surface area contributed by atoms with Gasteiger partial charge in [0.1, 0.15) is 0 Å². The molecule has 132 valence electrons. The second-order valence-electron chi connectivity index (χ2n) is 6.86. The summed E-state index contributed by atoms with van der Waals surface area (Å²) in [5, 5.41) is 1.34. The average Bonchev–Trinajstić information content (AvgIpc) is 3.02. The van der Waals surface area contributed by atoms with Crippen molar-refractivity contribution in [3.8, 4) is 11.3 Å². The molecule has 1 aliphatic heterocycles. The van der Waals surface area contributed by atoms with E-state index in [0.29, 0.717) is 0 Å². The van der Waals surface area contributed by atoms with E-state index in [9.17, 15) is 0 Å². The standard InChI is InChI=1S/C22H26N2.ClH/c1-3-10-19(11-4-1)22-18-20-12-5-6-13-21(20)24(22)17-9-16-23-14-7-2-8-15-23;/h1,3-6,10-13,18H,2,7-9,14-17H2;1H. The summed E-state index contributed by atoms with van der Waals surface area (Å²) in [6.07, 6.45) is 5.39. The Bertz CT molecular complexity index is 788. The first kappa shape index (κ1) is 18.0. The fourth-order valence-electron chi connectivity index (χ4n) is 3.93. The summed E-state index contributed by atoms with van der Waals surface area (Å²) in [5.74, 6) is 0. The van der Waals surface area contributed by atoms with Crippen LogP contribution in [0.5, 0.6) is 0 Å². The van der Waals surface area contributed by atoms with E-state index in [-0.39, 0.29) is 12.4 Å². The molecule has 1 aliphatic rings. The van der Waals surface area contributed by atoms with Gasteiger partial charge in [-0.2, -0.15) is 0 Å². The van der Waals surface area contributed by atoms with Crippen molar-refractivity contribution in [2.75, 3.05) is 19.6 Å². The molecule has 1 saturated heterocycles. The number of piperidine rings is 1. The van der Waals surface area contributed by atoms with E-state index in [1.165, 1.54) is 67.5 Å². The average molecular weight is 355 g/mol. The van der Waals surface area contributed by atoms with Crippen molar-refractivity contribution in [1.82, 2.24) is 9.47 Å². The molecule has 0 unspecified atom stereocenters. The van der Waals surface area contributed by atoms with Crippen molar-refractivity contribution >= 4 is 23.3 Å². The minimum atomic E-state index is 0. The molecule has 0 bridgehead atoms. The number of nitrogens with zero attached hydrogens (tertiary/aromatic N) is 2. The Morgan fingerprint density at radius 2 is 1.48 bits per heavy atom. The number of likely N-dealkylation sites (tertiary alicyclic amines) is 1. The number of fused-ring (bicyclic) bond motifs is 1. The fourth-order valence-corrected chi connectivity index (χ4v) is 3.93. The zero-order valence-corrected chi connectivity index (χ0v) is 15.5. The predicted octanol–water partition coefficient (Wildman–Crippen LogP) is 5.61. The highest BCUT2D eigenvalue weighted by molar-refractivity contribution is 5.87. The number of halogens is 1. The maximum Gasteiger partial charge on any atom is 0.0491 e. The van der Waals surface area contributed by atoms with Gasteiger partial charge in [-0.25, -0.2) is 0 Å². The van der Waals surface area contributed by atoms with E-state index < -0.39 is 0 Å². The number of hydrogen-bond donors (Lipinski definition) is 0. The predicted molar refractivity (Wildman–Crippen MR) is 110 cm³/mol. The summed E-state index contributed by atoms with van der Waals surface area (Å²) < 4.78 is 2.51. The maximum atomic E-state index is 2.64. The molecule has 0 spiro atoms. The first-order valence-electron chi connectivity index (χ1n) is 9.28. The minimum Gasteiger partial charge on any atom is -0.340 e. The van der Waals surface area contributed by atoms with Crippen LogP contribution in [-0.4, -0.2) is 29.1 Å². The van der Waals surface area contributed by atoms with Crippen LogP contribution in [-0.2, 0) is 6.54 Å². The Labute approximate surface area is 156 Å². The summed E-state index contributed by atoms with van der Waals surface area (Å²) in [6.45, 7) is 4.89. The van der Waals surface area contributed by atoms with Gasteiger partial charge in [-0.1, -0.05) is 55.0 Å². The Balaban J connectivity index is 0.00000182. The van der Waals surface area contributed by atoms with Crippen LogP contribution in [0.2, 0.25) is 0 Å². The molecule has 2 heterocycles. The van der Waals surface area contributed by atoms with Gasteiger partial charge in [0.2, 0.25) is 0 Å². The van der Waals surface area contributed by atoms with Crippen LogP contribution in [0.25, 0.3) is 22.2 Å². The summed E-state index contributed by atoms with van der Waals surface area (Å²) in [5.41, 5.74) is 4.01. The van der Waals surface area contributed by atoms with Crippen molar-refractivity contribution in [3.05, 3.63) is 60.7 Å². The van der Waals surface area contributed by atoms with E-state index >= 15 is 0 Å². The molecule has 1 fully saturated rings. The van der Waals surface area contributed by atoms with Crippen LogP contribution >= 0.6 is 12.4 Å². The van der Waals surface area contributed by atoms with Crippen LogP contribution < -0.4 is 0 Å². The number of hydrogen-bond acceptors (Lipinski definition) is 1. The molecule has 25 heavy (non-hydrogen) atoms. The van der Waals surface area contributed by atoms with Crippen molar-refractivity contribution in [3.63, 3.8) is 0 Å². The quantitative estimate of drug-likeness (QED) is 0.578. The van der Waals surface area contributed by atoms with Crippen molar-refractivity contribution in [1.29, 1.82) is 0 Å². The summed E-state index contributed by atoms with van der Waals surface area (Å²) >= 11 is 0. The van der Waals surface area contributed by atoms with Gasteiger partial charge in [-0.3, -0.25) is 0 Å². The monoisotopic (exact) mass is 354 g/mol. The van der Waals surface area contributed by atoms with Crippen LogP contribution in [0.4, 0.5) is 0 Å². The highest BCUT2D eigenvalue weighted by atomic mass is 35.5. The molecule has 0 saturated carbocycles. The molecule has 2 nitrogen and oxygen atoms in total. The van der Waals surface area contributed by atoms with Crippen LogP contribution in [0, 0.1) is 0 Å². The lowest BCUT2D eigenvalue weighted by Crippen LogP contribution is -2.31. The van der Waals surface area contributed by atoms with Crippen LogP contribution in [0.3, 0.4) is 0 Å². The first-order chi connectivity index (χ1) is 11.9. The van der Waals surface area contributed by atoms with E-state index in [0.717, 1.165) is 6.54 Å². The van der Waals surface area contributed by atoms with E-state index in [4.69, 9.17) is 0 Å². The molecular formula is C22H27ClN2. The number of rotatable bonds is 5. The third-order valence-electron chi connectivity index (χ3n) is 5.18. The fraction of sp³-hybridized carbons (Fsp3) is 0.364. The summed E-state index contributed by atoms with van der Waals surface area (Å²) in [4.78, 5) is 2.64. The molecule has 0 radical (unpaired) electrons. The second-order valence-corrected chi connectivity index (χ2v) is 6.86. The van der Waals surface area contributed by atoms with Crippen molar-refractivity contribution < 1.29 is 0 Å². The normalized spacial score (nSPS) is 15.2. The van der Waals surface area contributed by atoms with Gasteiger partial charge in [0.25, 0.3) is 0 Å². The largest absolute Gasteiger partial charge is 0.340 e. The number of aromatic nitrogens is 1. The SMILES string of the molecule is Cl.c1ccc(-c2cc3ccccc3n2CCCN2CCCCC2)cc1. The van der Waals surface area contributed by atoms with Crippen LogP contribution in [0.15, 0.2) is 60.7 Å². The summed E-state index contributed by atoms with van der Waals surface area (Å²) in [7, 11) is 0. The van der Waals surface area contributed by atoms with E-state index in [1.54, 1.807) is 0 Å². The second kappa shape index (κ2) is 8.55. The molecule has 0 amide bonds. The lowest BCUT2D eigenvalue weighted by molar-refractivity contribution is 0.223. The van der Waals surface area contributed by atoms with Gasteiger partial charge in [0.05, 0.1) is 0 Å². The minimum absolute atomic E-state index is 0. The van der Waals surface area contributed by atoms with Gasteiger partial charge in [0.15, 0.2) is 0 Å². The highest BCUT2D eigenvalue weighted by Gasteiger charge is 2.12. The molecule has 1 aromatic heterocycles. The Morgan fingerprint density at radius 1 is 0.760 bits per heavy atom.